The van der Waals surface area contributed by atoms with Crippen molar-refractivity contribution in [3.05, 3.63) is 100 Å². The number of benzene rings is 3. The summed E-state index contributed by atoms with van der Waals surface area (Å²) >= 11 is 6.40. The van der Waals surface area contributed by atoms with Gasteiger partial charge in [0, 0.05) is 11.1 Å². The lowest BCUT2D eigenvalue weighted by molar-refractivity contribution is 0.105. The number of carbonyl (C=O) groups excluding carboxylic acids is 1. The van der Waals surface area contributed by atoms with Crippen molar-refractivity contribution >= 4 is 34.3 Å². The Bertz CT molecular complexity index is 1010. The first-order valence-electron chi connectivity index (χ1n) is 8.12. The van der Waals surface area contributed by atoms with E-state index in [1.807, 2.05) is 79.7 Å². The SMILES string of the molecule is Cc1ccc(NC2=C(c3ccccc3)C(=O)c3ccccc32)c(Cl)c1. The van der Waals surface area contributed by atoms with Crippen LogP contribution in [0, 0.1) is 6.92 Å². The number of fused-ring (bicyclic) bond motifs is 1. The van der Waals surface area contributed by atoms with E-state index < -0.39 is 0 Å². The van der Waals surface area contributed by atoms with Crippen LogP contribution in [0.1, 0.15) is 27.0 Å². The lowest BCUT2D eigenvalue weighted by Crippen LogP contribution is -2.01. The van der Waals surface area contributed by atoms with E-state index in [1.165, 1.54) is 0 Å². The van der Waals surface area contributed by atoms with Gasteiger partial charge in [0.15, 0.2) is 5.78 Å². The average molecular weight is 346 g/mol. The molecule has 1 aliphatic rings. The minimum atomic E-state index is 0.0348. The fraction of sp³-hybridized carbons (Fsp3) is 0.0455. The third kappa shape index (κ3) is 2.75. The highest BCUT2D eigenvalue weighted by Gasteiger charge is 2.30. The van der Waals surface area contributed by atoms with Gasteiger partial charge in [0.25, 0.3) is 0 Å². The van der Waals surface area contributed by atoms with Crippen LogP contribution in [0.15, 0.2) is 72.8 Å². The molecule has 0 amide bonds. The van der Waals surface area contributed by atoms with Gasteiger partial charge in [-0.1, -0.05) is 72.3 Å². The maximum Gasteiger partial charge on any atom is 0.196 e. The zero-order chi connectivity index (χ0) is 17.4. The first kappa shape index (κ1) is 15.7. The maximum atomic E-state index is 13.0. The lowest BCUT2D eigenvalue weighted by atomic mass is 10.0. The summed E-state index contributed by atoms with van der Waals surface area (Å²) < 4.78 is 0. The van der Waals surface area contributed by atoms with Crippen molar-refractivity contribution in [2.45, 2.75) is 6.92 Å². The van der Waals surface area contributed by atoms with Gasteiger partial charge in [0.1, 0.15) is 0 Å². The number of halogens is 1. The highest BCUT2D eigenvalue weighted by molar-refractivity contribution is 6.41. The monoisotopic (exact) mass is 345 g/mol. The van der Waals surface area contributed by atoms with Crippen LogP contribution in [-0.4, -0.2) is 5.78 Å². The summed E-state index contributed by atoms with van der Waals surface area (Å²) in [7, 11) is 0. The van der Waals surface area contributed by atoms with Gasteiger partial charge in [-0.2, -0.15) is 0 Å². The van der Waals surface area contributed by atoms with Crippen molar-refractivity contribution in [1.29, 1.82) is 0 Å². The summed E-state index contributed by atoms with van der Waals surface area (Å²) in [5, 5.41) is 4.03. The molecule has 0 aromatic heterocycles. The van der Waals surface area contributed by atoms with E-state index in [2.05, 4.69) is 5.32 Å². The molecule has 0 atom stereocenters. The molecule has 0 saturated carbocycles. The summed E-state index contributed by atoms with van der Waals surface area (Å²) in [5.74, 6) is 0.0348. The number of hydrogen-bond donors (Lipinski definition) is 1. The van der Waals surface area contributed by atoms with Gasteiger partial charge in [-0.25, -0.2) is 0 Å². The molecule has 0 radical (unpaired) electrons. The number of rotatable bonds is 3. The van der Waals surface area contributed by atoms with Crippen molar-refractivity contribution in [2.24, 2.45) is 0 Å². The van der Waals surface area contributed by atoms with Crippen molar-refractivity contribution in [1.82, 2.24) is 0 Å². The van der Waals surface area contributed by atoms with Gasteiger partial charge in [0.2, 0.25) is 0 Å². The number of ketones is 1. The Balaban J connectivity index is 1.89. The second kappa shape index (κ2) is 6.23. The fourth-order valence-corrected chi connectivity index (χ4v) is 3.43. The largest absolute Gasteiger partial charge is 0.353 e. The van der Waals surface area contributed by atoms with Crippen LogP contribution in [0.3, 0.4) is 0 Å². The Labute approximate surface area is 151 Å². The van der Waals surface area contributed by atoms with E-state index in [0.717, 1.165) is 28.1 Å². The molecule has 1 N–H and O–H groups in total. The number of carbonyl (C=O) groups is 1. The van der Waals surface area contributed by atoms with Crippen LogP contribution in [0.4, 0.5) is 5.69 Å². The Morgan fingerprint density at radius 2 is 1.52 bits per heavy atom. The van der Waals surface area contributed by atoms with E-state index >= 15 is 0 Å². The minimum absolute atomic E-state index is 0.0348. The number of aryl methyl sites for hydroxylation is 1. The second-order valence-electron chi connectivity index (χ2n) is 6.10. The third-order valence-electron chi connectivity index (χ3n) is 4.36. The van der Waals surface area contributed by atoms with Gasteiger partial charge in [-0.3, -0.25) is 4.79 Å². The van der Waals surface area contributed by atoms with Crippen LogP contribution in [0.5, 0.6) is 0 Å². The van der Waals surface area contributed by atoms with Crippen molar-refractivity contribution < 1.29 is 4.79 Å². The molecule has 25 heavy (non-hydrogen) atoms. The number of anilines is 1. The fourth-order valence-electron chi connectivity index (χ4n) is 3.15. The van der Waals surface area contributed by atoms with Gasteiger partial charge >= 0.3 is 0 Å². The molecule has 0 bridgehead atoms. The first-order chi connectivity index (χ1) is 12.1. The molecule has 122 valence electrons. The predicted molar refractivity (Wildman–Crippen MR) is 104 cm³/mol. The highest BCUT2D eigenvalue weighted by atomic mass is 35.5. The average Bonchev–Trinajstić information content (AvgIpc) is 2.91. The molecule has 4 rings (SSSR count). The Hall–Kier alpha value is -2.84. The van der Waals surface area contributed by atoms with E-state index in [1.54, 1.807) is 0 Å². The molecular formula is C22H16ClNO. The molecule has 0 heterocycles. The summed E-state index contributed by atoms with van der Waals surface area (Å²) in [4.78, 5) is 13.0. The van der Waals surface area contributed by atoms with Crippen LogP contribution in [0.2, 0.25) is 5.02 Å². The lowest BCUT2D eigenvalue weighted by Gasteiger charge is -2.13. The number of allylic oxidation sites excluding steroid dienone is 1. The summed E-state index contributed by atoms with van der Waals surface area (Å²) in [6.07, 6.45) is 0. The molecule has 3 aromatic carbocycles. The molecular weight excluding hydrogens is 330 g/mol. The molecule has 0 saturated heterocycles. The summed E-state index contributed by atoms with van der Waals surface area (Å²) in [6.45, 7) is 2.00. The Kier molecular flexibility index (Phi) is 3.90. The van der Waals surface area contributed by atoms with Crippen molar-refractivity contribution in [3.8, 4) is 0 Å². The number of Topliss-reactive ketones (excluding diaryl/α,β-unsaturated/α-hetero) is 1. The smallest absolute Gasteiger partial charge is 0.196 e. The Morgan fingerprint density at radius 3 is 2.24 bits per heavy atom. The molecule has 3 heteroatoms. The molecule has 0 aliphatic heterocycles. The van der Waals surface area contributed by atoms with Crippen LogP contribution in [-0.2, 0) is 0 Å². The molecule has 2 nitrogen and oxygen atoms in total. The van der Waals surface area contributed by atoms with E-state index in [-0.39, 0.29) is 5.78 Å². The number of hydrogen-bond acceptors (Lipinski definition) is 2. The van der Waals surface area contributed by atoms with Crippen LogP contribution >= 0.6 is 11.6 Å². The van der Waals surface area contributed by atoms with Gasteiger partial charge in [-0.05, 0) is 30.2 Å². The Morgan fingerprint density at radius 1 is 0.840 bits per heavy atom. The van der Waals surface area contributed by atoms with Gasteiger partial charge in [-0.15, -0.1) is 0 Å². The molecule has 0 spiro atoms. The second-order valence-corrected chi connectivity index (χ2v) is 6.51. The predicted octanol–water partition coefficient (Wildman–Crippen LogP) is 5.83. The molecule has 1 aliphatic carbocycles. The van der Waals surface area contributed by atoms with E-state index in [9.17, 15) is 4.79 Å². The summed E-state index contributed by atoms with van der Waals surface area (Å²) in [6, 6.07) is 23.3. The molecule has 3 aromatic rings. The standard InChI is InChI=1S/C22H16ClNO/c1-14-11-12-19(18(23)13-14)24-21-16-9-5-6-10-17(16)22(25)20(21)15-7-3-2-4-8-15/h2-13,24H,1H3. The van der Waals surface area contributed by atoms with Crippen LogP contribution in [0.25, 0.3) is 11.3 Å². The zero-order valence-corrected chi connectivity index (χ0v) is 14.5. The van der Waals surface area contributed by atoms with Crippen molar-refractivity contribution in [2.75, 3.05) is 5.32 Å². The zero-order valence-electron chi connectivity index (χ0n) is 13.7. The summed E-state index contributed by atoms with van der Waals surface area (Å²) in [5.41, 5.74) is 5.89. The topological polar surface area (TPSA) is 29.1 Å². The van der Waals surface area contributed by atoms with Crippen LogP contribution < -0.4 is 5.32 Å². The molecule has 0 fully saturated rings. The van der Waals surface area contributed by atoms with Gasteiger partial charge < -0.3 is 5.32 Å². The molecule has 0 unspecified atom stereocenters. The van der Waals surface area contributed by atoms with E-state index in [0.29, 0.717) is 16.2 Å². The number of nitrogens with one attached hydrogen (secondary N) is 1. The highest BCUT2D eigenvalue weighted by Crippen LogP contribution is 2.39. The maximum absolute atomic E-state index is 13.0. The first-order valence-corrected chi connectivity index (χ1v) is 8.50. The van der Waals surface area contributed by atoms with Crippen molar-refractivity contribution in [3.63, 3.8) is 0 Å². The quantitative estimate of drug-likeness (QED) is 0.647. The normalized spacial score (nSPS) is 13.1. The van der Waals surface area contributed by atoms with E-state index in [4.69, 9.17) is 11.6 Å². The minimum Gasteiger partial charge on any atom is -0.353 e. The third-order valence-corrected chi connectivity index (χ3v) is 4.68. The van der Waals surface area contributed by atoms with Gasteiger partial charge in [0.05, 0.1) is 22.0 Å².